The number of fused-ring (bicyclic) bond motifs is 1. The second-order valence-corrected chi connectivity index (χ2v) is 6.85. The van der Waals surface area contributed by atoms with Crippen LogP contribution in [0.3, 0.4) is 0 Å². The maximum absolute atomic E-state index is 13.0. The smallest absolute Gasteiger partial charge is 0.264 e. The minimum atomic E-state index is -0.315. The molecule has 1 amide bonds. The van der Waals surface area contributed by atoms with E-state index in [1.165, 1.54) is 12.8 Å². The highest BCUT2D eigenvalue weighted by Gasteiger charge is 2.42. The molecule has 1 aromatic rings. The zero-order chi connectivity index (χ0) is 15.1. The zero-order valence-electron chi connectivity index (χ0n) is 13.2. The molecule has 118 valence electrons. The second kappa shape index (κ2) is 5.58. The number of ether oxygens (including phenoxy) is 1. The third-order valence-corrected chi connectivity index (χ3v) is 5.53. The number of amides is 1. The van der Waals surface area contributed by atoms with E-state index in [0.717, 1.165) is 43.7 Å². The lowest BCUT2D eigenvalue weighted by molar-refractivity contribution is -0.139. The highest BCUT2D eigenvalue weighted by molar-refractivity contribution is 5.83. The molecule has 1 aromatic carbocycles. The Morgan fingerprint density at radius 3 is 2.68 bits per heavy atom. The van der Waals surface area contributed by atoms with Crippen LogP contribution in [0.4, 0.5) is 0 Å². The van der Waals surface area contributed by atoms with E-state index in [1.807, 2.05) is 18.2 Å². The van der Waals surface area contributed by atoms with Crippen molar-refractivity contribution in [3.8, 4) is 5.75 Å². The van der Waals surface area contributed by atoms with E-state index in [9.17, 15) is 4.79 Å². The number of hydrogen-bond donors (Lipinski definition) is 0. The van der Waals surface area contributed by atoms with Crippen LogP contribution in [0.2, 0.25) is 0 Å². The van der Waals surface area contributed by atoms with Gasteiger partial charge in [-0.25, -0.2) is 0 Å². The van der Waals surface area contributed by atoms with Crippen molar-refractivity contribution in [3.63, 3.8) is 0 Å². The number of likely N-dealkylation sites (N-methyl/N-ethyl adjacent to an activating group) is 1. The number of benzene rings is 1. The summed E-state index contributed by atoms with van der Waals surface area (Å²) in [4.78, 5) is 17.5. The fourth-order valence-corrected chi connectivity index (χ4v) is 4.39. The van der Waals surface area contributed by atoms with Crippen LogP contribution in [-0.4, -0.2) is 54.0 Å². The highest BCUT2D eigenvalue weighted by Crippen LogP contribution is 2.33. The van der Waals surface area contributed by atoms with Crippen molar-refractivity contribution in [3.05, 3.63) is 29.8 Å². The molecule has 0 aliphatic carbocycles. The first-order valence-corrected chi connectivity index (χ1v) is 8.49. The molecule has 0 radical (unpaired) electrons. The van der Waals surface area contributed by atoms with Gasteiger partial charge >= 0.3 is 0 Å². The molecule has 0 saturated carbocycles. The molecular formula is C18H24N2O2. The summed E-state index contributed by atoms with van der Waals surface area (Å²) in [6, 6.07) is 8.94. The number of carbonyl (C=O) groups excluding carboxylic acids is 1. The van der Waals surface area contributed by atoms with Crippen molar-refractivity contribution < 1.29 is 9.53 Å². The Morgan fingerprint density at radius 2 is 1.91 bits per heavy atom. The van der Waals surface area contributed by atoms with Crippen molar-refractivity contribution in [2.45, 2.75) is 50.3 Å². The molecule has 4 rings (SSSR count). The van der Waals surface area contributed by atoms with E-state index in [1.54, 1.807) is 0 Å². The van der Waals surface area contributed by atoms with Crippen molar-refractivity contribution >= 4 is 5.91 Å². The standard InChI is InChI=1S/C18H24N2O2/c1-19-10-4-7-14(19)15-8-5-11-20(15)18(21)17-12-13-6-2-3-9-16(13)22-17/h2-3,6,9,14-15,17H,4-5,7-8,10-12H2,1H3/t14-,15-,17-/m1/s1. The number of likely N-dealkylation sites (tertiary alicyclic amines) is 2. The van der Waals surface area contributed by atoms with Gasteiger partial charge in [0.1, 0.15) is 5.75 Å². The number of nitrogens with zero attached hydrogens (tertiary/aromatic N) is 2. The minimum Gasteiger partial charge on any atom is -0.480 e. The monoisotopic (exact) mass is 300 g/mol. The summed E-state index contributed by atoms with van der Waals surface area (Å²) in [5.74, 6) is 1.08. The molecule has 0 aromatic heterocycles. The van der Waals surface area contributed by atoms with Crippen LogP contribution in [0.15, 0.2) is 24.3 Å². The zero-order valence-corrected chi connectivity index (χ0v) is 13.2. The molecule has 4 heteroatoms. The number of carbonyl (C=O) groups is 1. The lowest BCUT2D eigenvalue weighted by Crippen LogP contribution is -2.50. The van der Waals surface area contributed by atoms with E-state index in [0.29, 0.717) is 12.1 Å². The number of para-hydroxylation sites is 1. The summed E-state index contributed by atoms with van der Waals surface area (Å²) in [5, 5.41) is 0. The fraction of sp³-hybridized carbons (Fsp3) is 0.611. The molecule has 22 heavy (non-hydrogen) atoms. The molecule has 3 heterocycles. The first-order chi connectivity index (χ1) is 10.7. The van der Waals surface area contributed by atoms with Crippen LogP contribution < -0.4 is 4.74 Å². The van der Waals surface area contributed by atoms with E-state index in [2.05, 4.69) is 22.9 Å². The molecule has 3 aliphatic heterocycles. The molecule has 0 unspecified atom stereocenters. The Bertz CT molecular complexity index is 549. The van der Waals surface area contributed by atoms with Crippen molar-refractivity contribution in [1.82, 2.24) is 9.80 Å². The van der Waals surface area contributed by atoms with Gasteiger partial charge in [0.2, 0.25) is 0 Å². The van der Waals surface area contributed by atoms with Gasteiger partial charge in [-0.2, -0.15) is 0 Å². The van der Waals surface area contributed by atoms with Gasteiger partial charge in [0, 0.05) is 25.0 Å². The van der Waals surface area contributed by atoms with Crippen LogP contribution in [0.1, 0.15) is 31.2 Å². The Morgan fingerprint density at radius 1 is 1.14 bits per heavy atom. The molecule has 0 bridgehead atoms. The lowest BCUT2D eigenvalue weighted by atomic mass is 10.0. The van der Waals surface area contributed by atoms with Gasteiger partial charge in [0.15, 0.2) is 6.10 Å². The Kier molecular flexibility index (Phi) is 3.57. The number of hydrogen-bond acceptors (Lipinski definition) is 3. The predicted octanol–water partition coefficient (Wildman–Crippen LogP) is 2.08. The topological polar surface area (TPSA) is 32.8 Å². The van der Waals surface area contributed by atoms with Crippen LogP contribution in [-0.2, 0) is 11.2 Å². The fourth-order valence-electron chi connectivity index (χ4n) is 4.39. The molecule has 2 saturated heterocycles. The van der Waals surface area contributed by atoms with Crippen molar-refractivity contribution in [2.24, 2.45) is 0 Å². The normalized spacial score (nSPS) is 31.3. The van der Waals surface area contributed by atoms with Crippen LogP contribution in [0, 0.1) is 0 Å². The lowest BCUT2D eigenvalue weighted by Gasteiger charge is -2.34. The maximum atomic E-state index is 13.0. The van der Waals surface area contributed by atoms with Crippen LogP contribution in [0.5, 0.6) is 5.75 Å². The molecule has 0 spiro atoms. The van der Waals surface area contributed by atoms with Gasteiger partial charge in [-0.05, 0) is 50.9 Å². The predicted molar refractivity (Wildman–Crippen MR) is 84.9 cm³/mol. The van der Waals surface area contributed by atoms with Crippen LogP contribution >= 0.6 is 0 Å². The van der Waals surface area contributed by atoms with Gasteiger partial charge in [0.25, 0.3) is 5.91 Å². The van der Waals surface area contributed by atoms with Gasteiger partial charge in [-0.1, -0.05) is 18.2 Å². The molecule has 2 fully saturated rings. The van der Waals surface area contributed by atoms with Crippen molar-refractivity contribution in [1.29, 1.82) is 0 Å². The summed E-state index contributed by atoms with van der Waals surface area (Å²) in [5.41, 5.74) is 1.16. The van der Waals surface area contributed by atoms with E-state index >= 15 is 0 Å². The summed E-state index contributed by atoms with van der Waals surface area (Å²) in [6.45, 7) is 2.05. The third-order valence-electron chi connectivity index (χ3n) is 5.53. The van der Waals surface area contributed by atoms with E-state index in [-0.39, 0.29) is 12.0 Å². The highest BCUT2D eigenvalue weighted by atomic mass is 16.5. The van der Waals surface area contributed by atoms with E-state index in [4.69, 9.17) is 4.74 Å². The maximum Gasteiger partial charge on any atom is 0.264 e. The summed E-state index contributed by atoms with van der Waals surface area (Å²) < 4.78 is 5.91. The van der Waals surface area contributed by atoms with Gasteiger partial charge < -0.3 is 14.5 Å². The second-order valence-electron chi connectivity index (χ2n) is 6.85. The third kappa shape index (κ3) is 2.30. The number of rotatable bonds is 2. The minimum absolute atomic E-state index is 0.194. The summed E-state index contributed by atoms with van der Waals surface area (Å²) >= 11 is 0. The summed E-state index contributed by atoms with van der Waals surface area (Å²) in [7, 11) is 2.20. The molecule has 0 N–H and O–H groups in total. The van der Waals surface area contributed by atoms with E-state index < -0.39 is 0 Å². The molecular weight excluding hydrogens is 276 g/mol. The van der Waals surface area contributed by atoms with Crippen LogP contribution in [0.25, 0.3) is 0 Å². The quantitative estimate of drug-likeness (QED) is 0.838. The molecule has 3 aliphatic rings. The first kappa shape index (κ1) is 14.1. The van der Waals surface area contributed by atoms with Gasteiger partial charge in [-0.3, -0.25) is 4.79 Å². The molecule has 4 nitrogen and oxygen atoms in total. The van der Waals surface area contributed by atoms with Gasteiger partial charge in [0.05, 0.1) is 0 Å². The molecule has 3 atom stereocenters. The summed E-state index contributed by atoms with van der Waals surface area (Å²) in [6.07, 6.45) is 5.14. The average Bonchev–Trinajstić information content (AvgIpc) is 3.24. The Hall–Kier alpha value is -1.55. The average molecular weight is 300 g/mol. The first-order valence-electron chi connectivity index (χ1n) is 8.49. The van der Waals surface area contributed by atoms with Gasteiger partial charge in [-0.15, -0.1) is 0 Å². The van der Waals surface area contributed by atoms with Crippen molar-refractivity contribution in [2.75, 3.05) is 20.1 Å². The Balaban J connectivity index is 1.48. The Labute approximate surface area is 132 Å². The largest absolute Gasteiger partial charge is 0.480 e. The SMILES string of the molecule is CN1CCC[C@@H]1[C@H]1CCCN1C(=O)[C@H]1Cc2ccccc2O1.